The Kier molecular flexibility index (Phi) is 3.41. The van der Waals surface area contributed by atoms with Crippen molar-refractivity contribution >= 4 is 5.84 Å². The van der Waals surface area contributed by atoms with Crippen LogP contribution in [0.15, 0.2) is 30.3 Å². The molecular formula is C13H17N5. The zero-order valence-electron chi connectivity index (χ0n) is 10.6. The number of amidine groups is 1. The molecule has 3 N–H and O–H groups in total. The first-order valence-corrected chi connectivity index (χ1v) is 5.85. The van der Waals surface area contributed by atoms with Crippen molar-refractivity contribution in [2.75, 3.05) is 0 Å². The number of nitrogens with zero attached hydrogens (tertiary/aromatic N) is 3. The molecule has 0 saturated carbocycles. The molecule has 0 saturated heterocycles. The van der Waals surface area contributed by atoms with Gasteiger partial charge in [-0.25, -0.2) is 9.67 Å². The molecule has 5 heteroatoms. The Morgan fingerprint density at radius 3 is 2.50 bits per heavy atom. The highest BCUT2D eigenvalue weighted by Gasteiger charge is 2.17. The van der Waals surface area contributed by atoms with Crippen molar-refractivity contribution in [3.8, 4) is 0 Å². The summed E-state index contributed by atoms with van der Waals surface area (Å²) in [7, 11) is 0. The summed E-state index contributed by atoms with van der Waals surface area (Å²) in [5.74, 6) is 1.57. The monoisotopic (exact) mass is 243 g/mol. The fraction of sp³-hybridized carbons (Fsp3) is 0.308. The van der Waals surface area contributed by atoms with E-state index in [1.807, 2.05) is 44.2 Å². The van der Waals surface area contributed by atoms with E-state index in [-0.39, 0.29) is 11.8 Å². The molecule has 94 valence electrons. The summed E-state index contributed by atoms with van der Waals surface area (Å²) in [5, 5.41) is 12.0. The van der Waals surface area contributed by atoms with E-state index < -0.39 is 0 Å². The lowest BCUT2D eigenvalue weighted by Crippen LogP contribution is -2.25. The average molecular weight is 243 g/mol. The third-order valence-electron chi connectivity index (χ3n) is 2.90. The number of nitrogens with one attached hydrogen (secondary N) is 1. The summed E-state index contributed by atoms with van der Waals surface area (Å²) in [6.45, 7) is 4.31. The predicted molar refractivity (Wildman–Crippen MR) is 70.6 cm³/mol. The molecule has 2 aromatic rings. The molecule has 0 aliphatic heterocycles. The number of benzene rings is 1. The van der Waals surface area contributed by atoms with Crippen LogP contribution >= 0.6 is 0 Å². The highest BCUT2D eigenvalue weighted by atomic mass is 15.3. The zero-order valence-corrected chi connectivity index (χ0v) is 10.6. The van der Waals surface area contributed by atoms with Crippen LogP contribution in [0, 0.1) is 19.3 Å². The third kappa shape index (κ3) is 2.56. The number of hydrogen-bond acceptors (Lipinski definition) is 3. The lowest BCUT2D eigenvalue weighted by molar-refractivity contribution is 0.565. The van der Waals surface area contributed by atoms with E-state index in [9.17, 15) is 0 Å². The van der Waals surface area contributed by atoms with E-state index in [2.05, 4.69) is 10.1 Å². The van der Waals surface area contributed by atoms with E-state index in [1.54, 1.807) is 4.68 Å². The maximum atomic E-state index is 7.73. The van der Waals surface area contributed by atoms with Gasteiger partial charge in [-0.1, -0.05) is 30.3 Å². The number of aryl methyl sites for hydroxylation is 2. The smallest absolute Gasteiger partial charge is 0.147 e. The number of rotatable bonds is 4. The lowest BCUT2D eigenvalue weighted by atomic mass is 9.98. The summed E-state index contributed by atoms with van der Waals surface area (Å²) >= 11 is 0. The molecule has 0 amide bonds. The van der Waals surface area contributed by atoms with Crippen LogP contribution in [0.3, 0.4) is 0 Å². The van der Waals surface area contributed by atoms with E-state index in [0.717, 1.165) is 17.2 Å². The van der Waals surface area contributed by atoms with Crippen molar-refractivity contribution in [1.29, 1.82) is 5.41 Å². The van der Waals surface area contributed by atoms with Crippen molar-refractivity contribution in [1.82, 2.24) is 14.8 Å². The second kappa shape index (κ2) is 5.00. The number of nitrogens with two attached hydrogens (primary N) is 1. The van der Waals surface area contributed by atoms with E-state index in [0.29, 0.717) is 6.54 Å². The maximum Gasteiger partial charge on any atom is 0.147 e. The van der Waals surface area contributed by atoms with Crippen LogP contribution in [-0.4, -0.2) is 20.6 Å². The molecule has 1 aromatic carbocycles. The third-order valence-corrected chi connectivity index (χ3v) is 2.90. The van der Waals surface area contributed by atoms with Crippen LogP contribution in [0.25, 0.3) is 0 Å². The largest absolute Gasteiger partial charge is 0.387 e. The van der Waals surface area contributed by atoms with Crippen molar-refractivity contribution in [2.24, 2.45) is 5.73 Å². The van der Waals surface area contributed by atoms with Gasteiger partial charge in [0.15, 0.2) is 0 Å². The van der Waals surface area contributed by atoms with Crippen LogP contribution in [0.2, 0.25) is 0 Å². The van der Waals surface area contributed by atoms with Crippen LogP contribution in [0.4, 0.5) is 0 Å². The Morgan fingerprint density at radius 1 is 1.33 bits per heavy atom. The number of hydrogen-bond donors (Lipinski definition) is 2. The topological polar surface area (TPSA) is 80.6 Å². The van der Waals surface area contributed by atoms with Crippen molar-refractivity contribution in [2.45, 2.75) is 26.3 Å². The number of aromatic nitrogens is 3. The standard InChI is InChI=1S/C13H17N5/c1-9-16-10(2)18(17-9)8-12(13(14)15)11-6-4-3-5-7-11/h3-7,12H,8H2,1-2H3,(H3,14,15). The van der Waals surface area contributed by atoms with Gasteiger partial charge in [-0.3, -0.25) is 5.41 Å². The molecule has 1 aromatic heterocycles. The fourth-order valence-corrected chi connectivity index (χ4v) is 1.98. The van der Waals surface area contributed by atoms with Gasteiger partial charge in [-0.2, -0.15) is 5.10 Å². The molecule has 1 heterocycles. The summed E-state index contributed by atoms with van der Waals surface area (Å²) in [5.41, 5.74) is 6.72. The second-order valence-electron chi connectivity index (χ2n) is 4.31. The Balaban J connectivity index is 2.28. The fourth-order valence-electron chi connectivity index (χ4n) is 1.98. The molecule has 0 aliphatic rings. The zero-order chi connectivity index (χ0) is 13.1. The Hall–Kier alpha value is -2.17. The van der Waals surface area contributed by atoms with E-state index in [1.165, 1.54) is 0 Å². The van der Waals surface area contributed by atoms with Crippen molar-refractivity contribution in [3.05, 3.63) is 47.5 Å². The normalized spacial score (nSPS) is 12.3. The average Bonchev–Trinajstić information content (AvgIpc) is 2.65. The van der Waals surface area contributed by atoms with Crippen LogP contribution in [0.1, 0.15) is 23.1 Å². The molecule has 2 rings (SSSR count). The van der Waals surface area contributed by atoms with Crippen molar-refractivity contribution in [3.63, 3.8) is 0 Å². The molecule has 0 radical (unpaired) electrons. The highest BCUT2D eigenvalue weighted by molar-refractivity contribution is 5.84. The van der Waals surface area contributed by atoms with Crippen molar-refractivity contribution < 1.29 is 0 Å². The quantitative estimate of drug-likeness (QED) is 0.632. The van der Waals surface area contributed by atoms with E-state index in [4.69, 9.17) is 11.1 Å². The predicted octanol–water partition coefficient (Wildman–Crippen LogP) is 1.61. The molecule has 1 atom stereocenters. The van der Waals surface area contributed by atoms with Gasteiger partial charge in [-0.15, -0.1) is 0 Å². The first-order valence-electron chi connectivity index (χ1n) is 5.85. The van der Waals surface area contributed by atoms with Crippen LogP contribution in [0.5, 0.6) is 0 Å². The highest BCUT2D eigenvalue weighted by Crippen LogP contribution is 2.17. The van der Waals surface area contributed by atoms with Gasteiger partial charge < -0.3 is 5.73 Å². The lowest BCUT2D eigenvalue weighted by Gasteiger charge is -2.16. The minimum Gasteiger partial charge on any atom is -0.387 e. The van der Waals surface area contributed by atoms with Crippen LogP contribution < -0.4 is 5.73 Å². The molecule has 0 aliphatic carbocycles. The molecule has 1 unspecified atom stereocenters. The molecule has 0 fully saturated rings. The minimum atomic E-state index is -0.161. The van der Waals surface area contributed by atoms with E-state index >= 15 is 0 Å². The van der Waals surface area contributed by atoms with Gasteiger partial charge in [-0.05, 0) is 19.4 Å². The Labute approximate surface area is 106 Å². The summed E-state index contributed by atoms with van der Waals surface area (Å²) in [6, 6.07) is 9.80. The summed E-state index contributed by atoms with van der Waals surface area (Å²) in [4.78, 5) is 4.26. The first kappa shape index (κ1) is 12.3. The van der Waals surface area contributed by atoms with Gasteiger partial charge in [0.2, 0.25) is 0 Å². The maximum absolute atomic E-state index is 7.73. The summed E-state index contributed by atoms with van der Waals surface area (Å²) < 4.78 is 1.80. The Morgan fingerprint density at radius 2 is 2.00 bits per heavy atom. The molecule has 0 spiro atoms. The first-order chi connectivity index (χ1) is 8.58. The van der Waals surface area contributed by atoms with Gasteiger partial charge in [0.05, 0.1) is 12.5 Å². The van der Waals surface area contributed by atoms with Crippen LogP contribution in [-0.2, 0) is 6.54 Å². The molecule has 5 nitrogen and oxygen atoms in total. The minimum absolute atomic E-state index is 0.147. The van der Waals surface area contributed by atoms with Gasteiger partial charge in [0, 0.05) is 0 Å². The molecular weight excluding hydrogens is 226 g/mol. The van der Waals surface area contributed by atoms with Gasteiger partial charge in [0.1, 0.15) is 17.5 Å². The van der Waals surface area contributed by atoms with Gasteiger partial charge >= 0.3 is 0 Å². The summed E-state index contributed by atoms with van der Waals surface area (Å²) in [6.07, 6.45) is 0. The molecule has 18 heavy (non-hydrogen) atoms. The molecule has 0 bridgehead atoms. The Bertz CT molecular complexity index is 544. The second-order valence-corrected chi connectivity index (χ2v) is 4.31. The van der Waals surface area contributed by atoms with Gasteiger partial charge in [0.25, 0.3) is 0 Å². The SMILES string of the molecule is Cc1nc(C)n(CC(C(=N)N)c2ccccc2)n1.